The molecule has 0 saturated heterocycles. The van der Waals surface area contributed by atoms with E-state index in [1.807, 2.05) is 18.2 Å². The maximum absolute atomic E-state index is 6.22. The number of ether oxygens (including phenoxy) is 1. The number of nitrogens with two attached hydrogens (primary N) is 1. The van der Waals surface area contributed by atoms with Gasteiger partial charge in [0.15, 0.2) is 0 Å². The number of rotatable bonds is 7. The lowest BCUT2D eigenvalue weighted by Gasteiger charge is -2.28. The first-order valence-corrected chi connectivity index (χ1v) is 7.54. The Morgan fingerprint density at radius 2 is 1.94 bits per heavy atom. The molecule has 3 heteroatoms. The van der Waals surface area contributed by atoms with Gasteiger partial charge < -0.3 is 10.5 Å². The quantitative estimate of drug-likeness (QED) is 0.808. The third-order valence-electron chi connectivity index (χ3n) is 3.15. The molecule has 18 heavy (non-hydrogen) atoms. The van der Waals surface area contributed by atoms with Crippen LogP contribution in [-0.2, 0) is 4.74 Å². The molecule has 0 spiro atoms. The summed E-state index contributed by atoms with van der Waals surface area (Å²) in [6, 6.07) is 8.20. The van der Waals surface area contributed by atoms with Crippen LogP contribution in [0, 0.1) is 0 Å². The van der Waals surface area contributed by atoms with Gasteiger partial charge in [-0.05, 0) is 31.4 Å². The van der Waals surface area contributed by atoms with E-state index in [4.69, 9.17) is 10.5 Å². The van der Waals surface area contributed by atoms with E-state index in [1.165, 1.54) is 0 Å². The third kappa shape index (κ3) is 4.38. The number of halogens is 1. The molecule has 3 unspecified atom stereocenters. The third-order valence-corrected chi connectivity index (χ3v) is 3.87. The molecule has 0 saturated carbocycles. The van der Waals surface area contributed by atoms with E-state index in [0.717, 1.165) is 29.3 Å². The Morgan fingerprint density at radius 3 is 2.50 bits per heavy atom. The van der Waals surface area contributed by atoms with Crippen molar-refractivity contribution in [3.05, 3.63) is 34.3 Å². The van der Waals surface area contributed by atoms with Crippen molar-refractivity contribution in [2.24, 2.45) is 5.73 Å². The largest absolute Gasteiger partial charge is 0.369 e. The van der Waals surface area contributed by atoms with E-state index in [-0.39, 0.29) is 18.2 Å². The SMILES string of the molecule is CCCC(C)OC(c1ccccc1Br)C(N)CC. The monoisotopic (exact) mass is 313 g/mol. The molecule has 3 atom stereocenters. The number of hydrogen-bond donors (Lipinski definition) is 1. The van der Waals surface area contributed by atoms with Crippen molar-refractivity contribution in [1.82, 2.24) is 0 Å². The van der Waals surface area contributed by atoms with Gasteiger partial charge in [0.1, 0.15) is 0 Å². The molecule has 1 aromatic rings. The summed E-state index contributed by atoms with van der Waals surface area (Å²) < 4.78 is 7.23. The average Bonchev–Trinajstić information content (AvgIpc) is 2.36. The standard InChI is InChI=1S/C15H24BrNO/c1-4-8-11(3)18-15(14(17)5-2)12-9-6-7-10-13(12)16/h6-7,9-11,14-15H,4-5,8,17H2,1-3H3. The van der Waals surface area contributed by atoms with E-state index in [2.05, 4.69) is 42.8 Å². The Labute approximate surface area is 119 Å². The highest BCUT2D eigenvalue weighted by Gasteiger charge is 2.23. The van der Waals surface area contributed by atoms with Gasteiger partial charge in [-0.25, -0.2) is 0 Å². The molecule has 1 aromatic carbocycles. The second-order valence-electron chi connectivity index (χ2n) is 4.75. The van der Waals surface area contributed by atoms with Crippen molar-refractivity contribution in [2.45, 2.75) is 58.3 Å². The smallest absolute Gasteiger partial charge is 0.0990 e. The first-order valence-electron chi connectivity index (χ1n) is 6.75. The molecule has 0 aliphatic heterocycles. The predicted octanol–water partition coefficient (Wildman–Crippen LogP) is 4.43. The molecule has 0 aromatic heterocycles. The van der Waals surface area contributed by atoms with Gasteiger partial charge >= 0.3 is 0 Å². The highest BCUT2D eigenvalue weighted by Crippen LogP contribution is 2.30. The Balaban J connectivity index is 2.88. The maximum atomic E-state index is 6.22. The molecule has 2 nitrogen and oxygen atoms in total. The topological polar surface area (TPSA) is 35.2 Å². The van der Waals surface area contributed by atoms with Gasteiger partial charge in [0, 0.05) is 10.5 Å². The van der Waals surface area contributed by atoms with Gasteiger partial charge in [-0.2, -0.15) is 0 Å². The molecule has 0 heterocycles. The predicted molar refractivity (Wildman–Crippen MR) is 80.6 cm³/mol. The summed E-state index contributed by atoms with van der Waals surface area (Å²) in [6.07, 6.45) is 3.31. The van der Waals surface area contributed by atoms with Gasteiger partial charge in [0.2, 0.25) is 0 Å². The minimum atomic E-state index is -0.0351. The molecule has 0 aliphatic carbocycles. The summed E-state index contributed by atoms with van der Waals surface area (Å²) in [5.41, 5.74) is 7.36. The van der Waals surface area contributed by atoms with Crippen molar-refractivity contribution < 1.29 is 4.74 Å². The minimum absolute atomic E-state index is 0.0306. The average molecular weight is 314 g/mol. The van der Waals surface area contributed by atoms with Gasteiger partial charge in [-0.1, -0.05) is 54.4 Å². The van der Waals surface area contributed by atoms with Crippen molar-refractivity contribution in [2.75, 3.05) is 0 Å². The van der Waals surface area contributed by atoms with Gasteiger partial charge in [0.05, 0.1) is 12.2 Å². The highest BCUT2D eigenvalue weighted by molar-refractivity contribution is 9.10. The van der Waals surface area contributed by atoms with E-state index in [1.54, 1.807) is 0 Å². The van der Waals surface area contributed by atoms with Crippen molar-refractivity contribution in [1.29, 1.82) is 0 Å². The highest BCUT2D eigenvalue weighted by atomic mass is 79.9. The Morgan fingerprint density at radius 1 is 1.28 bits per heavy atom. The lowest BCUT2D eigenvalue weighted by atomic mass is 10.0. The first-order chi connectivity index (χ1) is 8.60. The molecule has 0 aliphatic rings. The van der Waals surface area contributed by atoms with Crippen LogP contribution in [0.5, 0.6) is 0 Å². The van der Waals surface area contributed by atoms with Crippen LogP contribution in [0.1, 0.15) is 51.7 Å². The lowest BCUT2D eigenvalue weighted by molar-refractivity contribution is -0.0225. The van der Waals surface area contributed by atoms with Crippen molar-refractivity contribution in [3.8, 4) is 0 Å². The van der Waals surface area contributed by atoms with E-state index >= 15 is 0 Å². The van der Waals surface area contributed by atoms with Crippen LogP contribution in [0.4, 0.5) is 0 Å². The summed E-state index contributed by atoms with van der Waals surface area (Å²) in [5, 5.41) is 0. The van der Waals surface area contributed by atoms with E-state index in [0.29, 0.717) is 0 Å². The van der Waals surface area contributed by atoms with Crippen LogP contribution in [0.15, 0.2) is 28.7 Å². The maximum Gasteiger partial charge on any atom is 0.0990 e. The summed E-state index contributed by atoms with van der Waals surface area (Å²) >= 11 is 3.59. The van der Waals surface area contributed by atoms with Crippen LogP contribution in [0.25, 0.3) is 0 Å². The van der Waals surface area contributed by atoms with E-state index < -0.39 is 0 Å². The summed E-state index contributed by atoms with van der Waals surface area (Å²) in [6.45, 7) is 6.39. The van der Waals surface area contributed by atoms with Crippen LogP contribution in [0.3, 0.4) is 0 Å². The first kappa shape index (κ1) is 15.7. The van der Waals surface area contributed by atoms with Gasteiger partial charge in [-0.15, -0.1) is 0 Å². The van der Waals surface area contributed by atoms with Crippen LogP contribution in [-0.4, -0.2) is 12.1 Å². The Bertz CT molecular complexity index is 356. The molecular weight excluding hydrogens is 290 g/mol. The fourth-order valence-electron chi connectivity index (χ4n) is 2.05. The Kier molecular flexibility index (Phi) is 6.90. The van der Waals surface area contributed by atoms with Gasteiger partial charge in [0.25, 0.3) is 0 Å². The zero-order valence-electron chi connectivity index (χ0n) is 11.5. The zero-order chi connectivity index (χ0) is 13.5. The van der Waals surface area contributed by atoms with E-state index in [9.17, 15) is 0 Å². The molecule has 1 rings (SSSR count). The van der Waals surface area contributed by atoms with Crippen LogP contribution >= 0.6 is 15.9 Å². The zero-order valence-corrected chi connectivity index (χ0v) is 13.1. The van der Waals surface area contributed by atoms with Crippen LogP contribution < -0.4 is 5.73 Å². The van der Waals surface area contributed by atoms with Crippen LogP contribution in [0.2, 0.25) is 0 Å². The molecule has 0 bridgehead atoms. The van der Waals surface area contributed by atoms with Crippen molar-refractivity contribution in [3.63, 3.8) is 0 Å². The summed E-state index contributed by atoms with van der Waals surface area (Å²) in [4.78, 5) is 0. The molecule has 102 valence electrons. The van der Waals surface area contributed by atoms with Crippen molar-refractivity contribution >= 4 is 15.9 Å². The molecule has 0 amide bonds. The second-order valence-corrected chi connectivity index (χ2v) is 5.60. The summed E-state index contributed by atoms with van der Waals surface area (Å²) in [7, 11) is 0. The number of benzene rings is 1. The number of hydrogen-bond acceptors (Lipinski definition) is 2. The fourth-order valence-corrected chi connectivity index (χ4v) is 2.56. The minimum Gasteiger partial charge on any atom is -0.369 e. The summed E-state index contributed by atoms with van der Waals surface area (Å²) in [5.74, 6) is 0. The Hall–Kier alpha value is -0.380. The second kappa shape index (κ2) is 7.93. The molecule has 0 radical (unpaired) electrons. The molecular formula is C15H24BrNO. The normalized spacial score (nSPS) is 16.3. The lowest BCUT2D eigenvalue weighted by Crippen LogP contribution is -2.32. The van der Waals surface area contributed by atoms with Gasteiger partial charge in [-0.3, -0.25) is 0 Å². The molecule has 0 fully saturated rings. The molecule has 2 N–H and O–H groups in total. The fraction of sp³-hybridized carbons (Fsp3) is 0.600.